The molecule has 1 aliphatic rings. The average molecular weight is 421 g/mol. The first kappa shape index (κ1) is 18.9. The molecule has 0 unspecified atom stereocenters. The van der Waals surface area contributed by atoms with Crippen molar-refractivity contribution in [1.82, 2.24) is 14.8 Å². The topological polar surface area (TPSA) is 76.9 Å². The third kappa shape index (κ3) is 3.74. The predicted molar refractivity (Wildman–Crippen MR) is 105 cm³/mol. The molecule has 0 spiro atoms. The number of rotatable bonds is 4. The van der Waals surface area contributed by atoms with Crippen LogP contribution < -0.4 is 4.72 Å². The van der Waals surface area contributed by atoms with Crippen LogP contribution in [0.5, 0.6) is 0 Å². The molecule has 1 aliphatic heterocycles. The zero-order valence-electron chi connectivity index (χ0n) is 14.9. The molecule has 0 saturated heterocycles. The van der Waals surface area contributed by atoms with Crippen LogP contribution >= 0.6 is 11.6 Å². The first-order valence-corrected chi connectivity index (χ1v) is 10.8. The van der Waals surface area contributed by atoms with Crippen LogP contribution in [0, 0.1) is 5.82 Å². The van der Waals surface area contributed by atoms with Gasteiger partial charge in [-0.15, -0.1) is 10.2 Å². The van der Waals surface area contributed by atoms with E-state index in [0.29, 0.717) is 10.8 Å². The van der Waals surface area contributed by atoms with Crippen LogP contribution in [0.25, 0.3) is 11.4 Å². The predicted octanol–water partition coefficient (Wildman–Crippen LogP) is 4.26. The molecule has 0 bridgehead atoms. The van der Waals surface area contributed by atoms with Gasteiger partial charge in [0.25, 0.3) is 10.0 Å². The van der Waals surface area contributed by atoms with E-state index >= 15 is 0 Å². The monoisotopic (exact) mass is 420 g/mol. The second-order valence-corrected chi connectivity index (χ2v) is 8.78. The Morgan fingerprint density at radius 3 is 2.75 bits per heavy atom. The fourth-order valence-corrected chi connectivity index (χ4v) is 4.64. The van der Waals surface area contributed by atoms with E-state index < -0.39 is 15.8 Å². The Labute approximate surface area is 167 Å². The summed E-state index contributed by atoms with van der Waals surface area (Å²) in [7, 11) is -3.86. The Kier molecular flexibility index (Phi) is 5.07. The van der Waals surface area contributed by atoms with Crippen LogP contribution in [0.4, 0.5) is 10.1 Å². The number of nitrogens with one attached hydrogen (secondary N) is 1. The summed E-state index contributed by atoms with van der Waals surface area (Å²) in [5, 5.41) is 8.66. The van der Waals surface area contributed by atoms with Gasteiger partial charge in [0.05, 0.1) is 10.5 Å². The van der Waals surface area contributed by atoms with Crippen molar-refractivity contribution in [3.05, 3.63) is 59.1 Å². The van der Waals surface area contributed by atoms with Crippen LogP contribution in [0.1, 0.15) is 25.1 Å². The number of aryl methyl sites for hydroxylation is 1. The zero-order chi connectivity index (χ0) is 19.7. The minimum atomic E-state index is -3.86. The number of anilines is 1. The summed E-state index contributed by atoms with van der Waals surface area (Å²) in [5.74, 6) is 0.764. The SMILES string of the molecule is O=S(=O)(Nc1ccc(F)c(-c2nnc3n2CCCCC3)c1)c1cccc(Cl)c1. The van der Waals surface area contributed by atoms with Crippen LogP contribution in [-0.4, -0.2) is 23.2 Å². The number of sulfonamides is 1. The minimum Gasteiger partial charge on any atom is -0.311 e. The average Bonchev–Trinajstić information content (AvgIpc) is 2.91. The largest absolute Gasteiger partial charge is 0.311 e. The third-order valence-corrected chi connectivity index (χ3v) is 6.29. The Bertz CT molecular complexity index is 1130. The molecule has 0 radical (unpaired) electrons. The summed E-state index contributed by atoms with van der Waals surface area (Å²) in [6.45, 7) is 0.718. The van der Waals surface area contributed by atoms with E-state index in [9.17, 15) is 12.8 Å². The fraction of sp³-hybridized carbons (Fsp3) is 0.263. The van der Waals surface area contributed by atoms with Gasteiger partial charge < -0.3 is 4.57 Å². The molecule has 1 aromatic heterocycles. The van der Waals surface area contributed by atoms with Crippen LogP contribution in [0.3, 0.4) is 0 Å². The van der Waals surface area contributed by atoms with Crippen molar-refractivity contribution < 1.29 is 12.8 Å². The van der Waals surface area contributed by atoms with E-state index in [1.54, 1.807) is 12.1 Å². The van der Waals surface area contributed by atoms with Crippen molar-refractivity contribution in [2.45, 2.75) is 37.1 Å². The number of benzene rings is 2. The van der Waals surface area contributed by atoms with E-state index in [2.05, 4.69) is 14.9 Å². The summed E-state index contributed by atoms with van der Waals surface area (Å²) in [5.41, 5.74) is 0.453. The van der Waals surface area contributed by atoms with Gasteiger partial charge in [-0.05, 0) is 49.2 Å². The molecule has 28 heavy (non-hydrogen) atoms. The van der Waals surface area contributed by atoms with Gasteiger partial charge in [0, 0.05) is 23.7 Å². The van der Waals surface area contributed by atoms with Gasteiger partial charge in [0.1, 0.15) is 11.6 Å². The molecule has 4 rings (SSSR count). The van der Waals surface area contributed by atoms with E-state index in [-0.39, 0.29) is 16.1 Å². The molecule has 0 fully saturated rings. The third-order valence-electron chi connectivity index (χ3n) is 4.68. The lowest BCUT2D eigenvalue weighted by atomic mass is 10.1. The highest BCUT2D eigenvalue weighted by Gasteiger charge is 2.20. The first-order valence-electron chi connectivity index (χ1n) is 8.94. The number of aromatic nitrogens is 3. The maximum Gasteiger partial charge on any atom is 0.261 e. The molecule has 146 valence electrons. The van der Waals surface area contributed by atoms with Crippen LogP contribution in [0.15, 0.2) is 47.4 Å². The van der Waals surface area contributed by atoms with Gasteiger partial charge in [-0.25, -0.2) is 12.8 Å². The molecular weight excluding hydrogens is 403 g/mol. The maximum absolute atomic E-state index is 14.5. The zero-order valence-corrected chi connectivity index (χ0v) is 16.5. The Balaban J connectivity index is 1.70. The molecule has 3 aromatic rings. The van der Waals surface area contributed by atoms with Gasteiger partial charge in [-0.1, -0.05) is 24.1 Å². The minimum absolute atomic E-state index is 0.0298. The lowest BCUT2D eigenvalue weighted by Crippen LogP contribution is -2.13. The highest BCUT2D eigenvalue weighted by Crippen LogP contribution is 2.28. The summed E-state index contributed by atoms with van der Waals surface area (Å²) >= 11 is 5.89. The highest BCUT2D eigenvalue weighted by atomic mass is 35.5. The van der Waals surface area contributed by atoms with Gasteiger partial charge in [0.15, 0.2) is 5.82 Å². The summed E-state index contributed by atoms with van der Waals surface area (Å²) in [6, 6.07) is 9.99. The molecule has 0 aliphatic carbocycles. The smallest absolute Gasteiger partial charge is 0.261 e. The van der Waals surface area contributed by atoms with Crippen molar-refractivity contribution in [3.8, 4) is 11.4 Å². The number of hydrogen-bond donors (Lipinski definition) is 1. The number of hydrogen-bond acceptors (Lipinski definition) is 4. The van der Waals surface area contributed by atoms with Gasteiger partial charge in [-0.2, -0.15) is 0 Å². The van der Waals surface area contributed by atoms with Crippen molar-refractivity contribution >= 4 is 27.3 Å². The Morgan fingerprint density at radius 2 is 1.93 bits per heavy atom. The normalized spacial score (nSPS) is 14.4. The number of nitrogens with zero attached hydrogens (tertiary/aromatic N) is 3. The first-order chi connectivity index (χ1) is 13.4. The summed E-state index contributed by atoms with van der Waals surface area (Å²) in [4.78, 5) is 0.0298. The van der Waals surface area contributed by atoms with E-state index in [1.165, 1.54) is 30.3 Å². The number of halogens is 2. The van der Waals surface area contributed by atoms with Crippen molar-refractivity contribution in [2.75, 3.05) is 4.72 Å². The van der Waals surface area contributed by atoms with Crippen molar-refractivity contribution in [2.24, 2.45) is 0 Å². The lowest BCUT2D eigenvalue weighted by Gasteiger charge is -2.12. The second kappa shape index (κ2) is 7.52. The molecule has 0 amide bonds. The van der Waals surface area contributed by atoms with Gasteiger partial charge >= 0.3 is 0 Å². The summed E-state index contributed by atoms with van der Waals surface area (Å²) in [6.07, 6.45) is 3.89. The molecule has 2 heterocycles. The maximum atomic E-state index is 14.5. The Hall–Kier alpha value is -2.45. The van der Waals surface area contributed by atoms with Crippen LogP contribution in [-0.2, 0) is 23.0 Å². The van der Waals surface area contributed by atoms with Gasteiger partial charge in [-0.3, -0.25) is 4.72 Å². The standard InChI is InChI=1S/C19H18ClFN4O2S/c20-13-5-4-6-15(11-13)28(26,27)24-14-8-9-17(21)16(12-14)19-23-22-18-7-2-1-3-10-25(18)19/h4-6,8-9,11-12,24H,1-3,7,10H2. The summed E-state index contributed by atoms with van der Waals surface area (Å²) < 4.78 is 44.2. The molecule has 0 saturated carbocycles. The molecule has 1 N–H and O–H groups in total. The molecular formula is C19H18ClFN4O2S. The lowest BCUT2D eigenvalue weighted by molar-refractivity contribution is 0.601. The van der Waals surface area contributed by atoms with E-state index in [0.717, 1.165) is 38.1 Å². The van der Waals surface area contributed by atoms with E-state index in [4.69, 9.17) is 11.6 Å². The highest BCUT2D eigenvalue weighted by molar-refractivity contribution is 7.92. The molecule has 2 aromatic carbocycles. The van der Waals surface area contributed by atoms with Crippen LogP contribution in [0.2, 0.25) is 5.02 Å². The fourth-order valence-electron chi connectivity index (χ4n) is 3.29. The molecule has 0 atom stereocenters. The van der Waals surface area contributed by atoms with Gasteiger partial charge in [0.2, 0.25) is 0 Å². The quantitative estimate of drug-likeness (QED) is 0.684. The van der Waals surface area contributed by atoms with Crippen molar-refractivity contribution in [1.29, 1.82) is 0 Å². The Morgan fingerprint density at radius 1 is 1.07 bits per heavy atom. The molecule has 9 heteroatoms. The molecule has 6 nitrogen and oxygen atoms in total. The second-order valence-electron chi connectivity index (χ2n) is 6.66. The number of fused-ring (bicyclic) bond motifs is 1. The van der Waals surface area contributed by atoms with Crippen molar-refractivity contribution in [3.63, 3.8) is 0 Å². The van der Waals surface area contributed by atoms with E-state index in [1.807, 2.05) is 4.57 Å².